The van der Waals surface area contributed by atoms with Gasteiger partial charge in [0.2, 0.25) is 0 Å². The molecule has 0 unspecified atom stereocenters. The molecular formula is C20H40O2. The summed E-state index contributed by atoms with van der Waals surface area (Å²) in [7, 11) is 0. The molecule has 132 valence electrons. The van der Waals surface area contributed by atoms with Crippen LogP contribution in [0.3, 0.4) is 0 Å². The van der Waals surface area contributed by atoms with E-state index >= 15 is 0 Å². The SMILES string of the molecule is CCCCCCCCCCCC(=O)O[C@H](C)CCCCCC. The molecule has 0 aromatic rings. The predicted octanol–water partition coefficient (Wildman–Crippen LogP) is 6.81. The smallest absolute Gasteiger partial charge is 0.306 e. The molecule has 22 heavy (non-hydrogen) atoms. The van der Waals surface area contributed by atoms with E-state index < -0.39 is 0 Å². The van der Waals surface area contributed by atoms with E-state index in [4.69, 9.17) is 4.74 Å². The van der Waals surface area contributed by atoms with Crippen LogP contribution in [0.2, 0.25) is 0 Å². The van der Waals surface area contributed by atoms with Crippen molar-refractivity contribution in [3.63, 3.8) is 0 Å². The molecule has 0 bridgehead atoms. The lowest BCUT2D eigenvalue weighted by molar-refractivity contribution is -0.148. The fraction of sp³-hybridized carbons (Fsp3) is 0.950. The van der Waals surface area contributed by atoms with Gasteiger partial charge in [0.05, 0.1) is 6.10 Å². The first-order chi connectivity index (χ1) is 10.7. The molecule has 0 fully saturated rings. The first-order valence-electron chi connectivity index (χ1n) is 9.90. The highest BCUT2D eigenvalue weighted by Gasteiger charge is 2.08. The van der Waals surface area contributed by atoms with E-state index in [-0.39, 0.29) is 12.1 Å². The van der Waals surface area contributed by atoms with Gasteiger partial charge in [0.15, 0.2) is 0 Å². The van der Waals surface area contributed by atoms with Gasteiger partial charge in [-0.25, -0.2) is 0 Å². The molecule has 0 amide bonds. The molecule has 2 nitrogen and oxygen atoms in total. The van der Waals surface area contributed by atoms with Crippen LogP contribution in [-0.4, -0.2) is 12.1 Å². The maximum atomic E-state index is 11.7. The van der Waals surface area contributed by atoms with Gasteiger partial charge in [0.1, 0.15) is 0 Å². The van der Waals surface area contributed by atoms with Gasteiger partial charge in [-0.2, -0.15) is 0 Å². The van der Waals surface area contributed by atoms with Crippen molar-refractivity contribution in [3.8, 4) is 0 Å². The predicted molar refractivity (Wildman–Crippen MR) is 96.2 cm³/mol. The number of rotatable bonds is 16. The molecular weight excluding hydrogens is 272 g/mol. The van der Waals surface area contributed by atoms with Gasteiger partial charge in [-0.15, -0.1) is 0 Å². The summed E-state index contributed by atoms with van der Waals surface area (Å²) >= 11 is 0. The normalized spacial score (nSPS) is 12.3. The van der Waals surface area contributed by atoms with Crippen LogP contribution >= 0.6 is 0 Å². The average Bonchev–Trinajstić information content (AvgIpc) is 2.50. The van der Waals surface area contributed by atoms with Crippen molar-refractivity contribution in [2.24, 2.45) is 0 Å². The van der Waals surface area contributed by atoms with E-state index in [2.05, 4.69) is 13.8 Å². The molecule has 0 aliphatic carbocycles. The van der Waals surface area contributed by atoms with Crippen LogP contribution < -0.4 is 0 Å². The topological polar surface area (TPSA) is 26.3 Å². The van der Waals surface area contributed by atoms with Crippen LogP contribution in [-0.2, 0) is 9.53 Å². The van der Waals surface area contributed by atoms with Crippen LogP contribution in [0, 0.1) is 0 Å². The van der Waals surface area contributed by atoms with E-state index in [0.29, 0.717) is 6.42 Å². The Morgan fingerprint density at radius 2 is 1.18 bits per heavy atom. The molecule has 0 heterocycles. The van der Waals surface area contributed by atoms with E-state index in [0.717, 1.165) is 12.8 Å². The van der Waals surface area contributed by atoms with E-state index in [1.165, 1.54) is 77.0 Å². The summed E-state index contributed by atoms with van der Waals surface area (Å²) in [6.45, 7) is 6.50. The van der Waals surface area contributed by atoms with Crippen molar-refractivity contribution in [2.75, 3.05) is 0 Å². The maximum Gasteiger partial charge on any atom is 0.306 e. The summed E-state index contributed by atoms with van der Waals surface area (Å²) in [6.07, 6.45) is 18.3. The highest BCUT2D eigenvalue weighted by molar-refractivity contribution is 5.69. The Morgan fingerprint density at radius 1 is 0.727 bits per heavy atom. The van der Waals surface area contributed by atoms with Crippen molar-refractivity contribution in [3.05, 3.63) is 0 Å². The molecule has 0 spiro atoms. The summed E-state index contributed by atoms with van der Waals surface area (Å²) in [4.78, 5) is 11.7. The van der Waals surface area contributed by atoms with Crippen LogP contribution in [0.4, 0.5) is 0 Å². The Balaban J connectivity index is 3.31. The summed E-state index contributed by atoms with van der Waals surface area (Å²) in [5.74, 6) is 0.00550. The minimum Gasteiger partial charge on any atom is -0.463 e. The number of carbonyl (C=O) groups excluding carboxylic acids is 1. The summed E-state index contributed by atoms with van der Waals surface area (Å²) in [6, 6.07) is 0. The molecule has 1 atom stereocenters. The van der Waals surface area contributed by atoms with E-state index in [1.54, 1.807) is 0 Å². The van der Waals surface area contributed by atoms with Gasteiger partial charge >= 0.3 is 5.97 Å². The largest absolute Gasteiger partial charge is 0.463 e. The minimum atomic E-state index is 0.00550. The lowest BCUT2D eigenvalue weighted by atomic mass is 10.1. The summed E-state index contributed by atoms with van der Waals surface area (Å²) in [5, 5.41) is 0. The van der Waals surface area contributed by atoms with Crippen LogP contribution in [0.1, 0.15) is 117 Å². The van der Waals surface area contributed by atoms with Crippen molar-refractivity contribution < 1.29 is 9.53 Å². The zero-order valence-electron chi connectivity index (χ0n) is 15.5. The monoisotopic (exact) mass is 312 g/mol. The van der Waals surface area contributed by atoms with Gasteiger partial charge in [0.25, 0.3) is 0 Å². The fourth-order valence-electron chi connectivity index (χ4n) is 2.78. The van der Waals surface area contributed by atoms with Crippen molar-refractivity contribution in [2.45, 2.75) is 123 Å². The molecule has 0 N–H and O–H groups in total. The number of unbranched alkanes of at least 4 members (excludes halogenated alkanes) is 11. The second-order valence-electron chi connectivity index (χ2n) is 6.73. The maximum absolute atomic E-state index is 11.7. The Kier molecular flexibility index (Phi) is 16.4. The first kappa shape index (κ1) is 21.5. The Bertz CT molecular complexity index is 238. The number of ether oxygens (including phenoxy) is 1. The lowest BCUT2D eigenvalue weighted by Gasteiger charge is -2.13. The van der Waals surface area contributed by atoms with E-state index in [1.807, 2.05) is 6.92 Å². The van der Waals surface area contributed by atoms with Crippen LogP contribution in [0.15, 0.2) is 0 Å². The second kappa shape index (κ2) is 16.8. The molecule has 0 aliphatic rings. The molecule has 0 rings (SSSR count). The minimum absolute atomic E-state index is 0.00550. The van der Waals surface area contributed by atoms with Crippen molar-refractivity contribution in [1.29, 1.82) is 0 Å². The van der Waals surface area contributed by atoms with E-state index in [9.17, 15) is 4.79 Å². The number of hydrogen-bond donors (Lipinski definition) is 0. The van der Waals surface area contributed by atoms with Gasteiger partial charge in [-0.3, -0.25) is 4.79 Å². The first-order valence-corrected chi connectivity index (χ1v) is 9.90. The van der Waals surface area contributed by atoms with Gasteiger partial charge in [-0.05, 0) is 26.2 Å². The third-order valence-electron chi connectivity index (χ3n) is 4.28. The fourth-order valence-corrected chi connectivity index (χ4v) is 2.78. The van der Waals surface area contributed by atoms with Crippen LogP contribution in [0.5, 0.6) is 0 Å². The zero-order chi connectivity index (χ0) is 16.5. The molecule has 0 saturated heterocycles. The van der Waals surface area contributed by atoms with Crippen LogP contribution in [0.25, 0.3) is 0 Å². The standard InChI is InChI=1S/C20H40O2/c1-4-6-8-10-11-12-13-14-16-18-20(21)22-19(3)17-15-9-7-5-2/h19H,4-18H2,1-3H3/t19-/m1/s1. The number of hydrogen-bond acceptors (Lipinski definition) is 2. The number of carbonyl (C=O) groups is 1. The molecule has 0 aromatic heterocycles. The molecule has 0 radical (unpaired) electrons. The quantitative estimate of drug-likeness (QED) is 0.231. The third kappa shape index (κ3) is 15.9. The molecule has 0 aromatic carbocycles. The third-order valence-corrected chi connectivity index (χ3v) is 4.28. The van der Waals surface area contributed by atoms with Gasteiger partial charge in [-0.1, -0.05) is 84.5 Å². The van der Waals surface area contributed by atoms with Crippen molar-refractivity contribution in [1.82, 2.24) is 0 Å². The zero-order valence-corrected chi connectivity index (χ0v) is 15.5. The van der Waals surface area contributed by atoms with Crippen molar-refractivity contribution >= 4 is 5.97 Å². The number of esters is 1. The Morgan fingerprint density at radius 3 is 1.73 bits per heavy atom. The lowest BCUT2D eigenvalue weighted by Crippen LogP contribution is -2.14. The highest BCUT2D eigenvalue weighted by Crippen LogP contribution is 2.12. The van der Waals surface area contributed by atoms with Gasteiger partial charge < -0.3 is 4.74 Å². The molecule has 0 saturated carbocycles. The molecule has 2 heteroatoms. The Labute approximate surface area is 139 Å². The van der Waals surface area contributed by atoms with Gasteiger partial charge in [0, 0.05) is 6.42 Å². The average molecular weight is 313 g/mol. The second-order valence-corrected chi connectivity index (χ2v) is 6.73. The summed E-state index contributed by atoms with van der Waals surface area (Å²) < 4.78 is 5.46. The highest BCUT2D eigenvalue weighted by atomic mass is 16.5. The molecule has 0 aliphatic heterocycles. The Hall–Kier alpha value is -0.530. The summed E-state index contributed by atoms with van der Waals surface area (Å²) in [5.41, 5.74) is 0.